The molecular formula is C34H35ClN2O8S. The Bertz CT molecular complexity index is 1710. The number of carbonyl (C=O) groups is 2. The number of fused-ring (bicyclic) bond motifs is 1. The molecule has 10 nitrogen and oxygen atoms in total. The van der Waals surface area contributed by atoms with Gasteiger partial charge in [0.05, 0.1) is 64.9 Å². The van der Waals surface area contributed by atoms with Crippen molar-refractivity contribution < 1.29 is 38.0 Å². The van der Waals surface area contributed by atoms with E-state index < -0.39 is 12.2 Å². The number of hydrogen-bond donors (Lipinski definition) is 0. The minimum Gasteiger partial charge on any atom is -0.497 e. The summed E-state index contributed by atoms with van der Waals surface area (Å²) in [5.74, 6) is 1.63. The number of nitrogens with zero attached hydrogens (tertiary/aromatic N) is 2. The lowest BCUT2D eigenvalue weighted by Crippen LogP contribution is -2.40. The molecule has 0 aliphatic carbocycles. The van der Waals surface area contributed by atoms with Crippen molar-refractivity contribution in [3.05, 3.63) is 92.4 Å². The Balaban J connectivity index is 1.61. The van der Waals surface area contributed by atoms with E-state index in [-0.39, 0.29) is 31.3 Å². The van der Waals surface area contributed by atoms with Gasteiger partial charge < -0.3 is 33.3 Å². The molecule has 0 radical (unpaired) electrons. The van der Waals surface area contributed by atoms with Crippen LogP contribution in [0.5, 0.6) is 23.0 Å². The van der Waals surface area contributed by atoms with E-state index in [1.54, 1.807) is 51.5 Å². The van der Waals surface area contributed by atoms with Crippen LogP contribution in [0, 0.1) is 0 Å². The van der Waals surface area contributed by atoms with Gasteiger partial charge in [-0.25, -0.2) is 4.98 Å². The van der Waals surface area contributed by atoms with E-state index in [4.69, 9.17) is 45.0 Å². The number of esters is 1. The Morgan fingerprint density at radius 1 is 0.957 bits per heavy atom. The molecule has 4 aromatic rings. The first-order valence-corrected chi connectivity index (χ1v) is 15.7. The summed E-state index contributed by atoms with van der Waals surface area (Å²) in [6.45, 7) is 0.185. The molecule has 0 spiro atoms. The van der Waals surface area contributed by atoms with Crippen molar-refractivity contribution in [2.45, 2.75) is 38.0 Å². The molecule has 1 aromatic heterocycles. The molecule has 242 valence electrons. The normalized spacial score (nSPS) is 16.0. The van der Waals surface area contributed by atoms with Crippen molar-refractivity contribution in [2.75, 3.05) is 40.4 Å². The van der Waals surface area contributed by atoms with E-state index >= 15 is 0 Å². The number of anilines is 1. The first kappa shape index (κ1) is 33.1. The summed E-state index contributed by atoms with van der Waals surface area (Å²) >= 11 is 7.99. The summed E-state index contributed by atoms with van der Waals surface area (Å²) in [4.78, 5) is 32.7. The third-order valence-electron chi connectivity index (χ3n) is 7.72. The fraction of sp³-hybridized carbons (Fsp3) is 0.324. The number of carbonyl (C=O) groups excluding carboxylic acids is 2. The van der Waals surface area contributed by atoms with Crippen LogP contribution < -0.4 is 23.8 Å². The number of aryl methyl sites for hydroxylation is 1. The highest BCUT2D eigenvalue weighted by atomic mass is 35.5. The summed E-state index contributed by atoms with van der Waals surface area (Å²) in [6.07, 6.45) is -0.864. The van der Waals surface area contributed by atoms with Crippen LogP contribution in [0.4, 0.5) is 5.69 Å². The van der Waals surface area contributed by atoms with Crippen LogP contribution in [0.1, 0.15) is 39.9 Å². The number of amides is 1. The molecule has 0 fully saturated rings. The highest BCUT2D eigenvalue weighted by molar-refractivity contribution is 7.09. The Hall–Kier alpha value is -4.32. The smallest absolute Gasteiger partial charge is 0.305 e. The molecule has 1 amide bonds. The highest BCUT2D eigenvalue weighted by Crippen LogP contribution is 2.46. The van der Waals surface area contributed by atoms with Crippen molar-refractivity contribution in [1.82, 2.24) is 4.98 Å². The summed E-state index contributed by atoms with van der Waals surface area (Å²) in [5.41, 5.74) is 3.49. The zero-order valence-corrected chi connectivity index (χ0v) is 27.8. The minimum atomic E-state index is -0.948. The maximum absolute atomic E-state index is 14.6. The van der Waals surface area contributed by atoms with Gasteiger partial charge in [-0.2, -0.15) is 0 Å². The molecule has 0 saturated heterocycles. The fourth-order valence-corrected chi connectivity index (χ4v) is 6.47. The predicted octanol–water partition coefficient (Wildman–Crippen LogP) is 6.20. The van der Waals surface area contributed by atoms with Crippen molar-refractivity contribution in [1.29, 1.82) is 0 Å². The lowest BCUT2D eigenvalue weighted by Gasteiger charge is -2.26. The number of benzene rings is 3. The SMILES string of the molecule is COC(=O)CCc1csc(C[C@H]2O[C@H](c3cccc(OC)c3OC)c3cc(Cl)ccc3N(Cc3ccc(OC)cc3OC)C2=O)n1. The van der Waals surface area contributed by atoms with Gasteiger partial charge in [-0.15, -0.1) is 11.3 Å². The first-order chi connectivity index (χ1) is 22.3. The van der Waals surface area contributed by atoms with Crippen molar-refractivity contribution in [3.8, 4) is 23.0 Å². The lowest BCUT2D eigenvalue weighted by atomic mass is 9.97. The number of methoxy groups -OCH3 is 5. The second-order valence-electron chi connectivity index (χ2n) is 10.4. The molecule has 0 saturated carbocycles. The molecule has 2 atom stereocenters. The van der Waals surface area contributed by atoms with Gasteiger partial charge in [0, 0.05) is 46.0 Å². The predicted molar refractivity (Wildman–Crippen MR) is 175 cm³/mol. The molecule has 12 heteroatoms. The second-order valence-corrected chi connectivity index (χ2v) is 11.8. The fourth-order valence-electron chi connectivity index (χ4n) is 5.43. The number of para-hydroxylation sites is 1. The average molecular weight is 667 g/mol. The third kappa shape index (κ3) is 7.06. The molecule has 0 bridgehead atoms. The van der Waals surface area contributed by atoms with Gasteiger partial charge in [0.15, 0.2) is 11.5 Å². The number of rotatable bonds is 12. The summed E-state index contributed by atoms with van der Waals surface area (Å²) in [6, 6.07) is 16.4. The Kier molecular flexibility index (Phi) is 10.7. The molecule has 0 unspecified atom stereocenters. The quantitative estimate of drug-likeness (QED) is 0.163. The Labute approximate surface area is 276 Å². The number of hydrogen-bond acceptors (Lipinski definition) is 10. The van der Waals surface area contributed by atoms with E-state index in [2.05, 4.69) is 0 Å². The first-order valence-electron chi connectivity index (χ1n) is 14.5. The molecule has 1 aliphatic heterocycles. The maximum atomic E-state index is 14.6. The summed E-state index contributed by atoms with van der Waals surface area (Å²) < 4.78 is 34.0. The molecule has 5 rings (SSSR count). The van der Waals surface area contributed by atoms with Crippen LogP contribution in [-0.2, 0) is 38.4 Å². The van der Waals surface area contributed by atoms with Gasteiger partial charge in [-0.1, -0.05) is 23.7 Å². The van der Waals surface area contributed by atoms with Gasteiger partial charge in [0.25, 0.3) is 5.91 Å². The monoisotopic (exact) mass is 666 g/mol. The van der Waals surface area contributed by atoms with Gasteiger partial charge in [-0.3, -0.25) is 9.59 Å². The summed E-state index contributed by atoms with van der Waals surface area (Å²) in [7, 11) is 7.65. The van der Waals surface area contributed by atoms with Crippen molar-refractivity contribution >= 4 is 40.5 Å². The van der Waals surface area contributed by atoms with Crippen LogP contribution in [0.25, 0.3) is 0 Å². The van der Waals surface area contributed by atoms with E-state index in [1.165, 1.54) is 18.4 Å². The topological polar surface area (TPSA) is 106 Å². The van der Waals surface area contributed by atoms with Gasteiger partial charge >= 0.3 is 5.97 Å². The molecule has 1 aliphatic rings. The van der Waals surface area contributed by atoms with Gasteiger partial charge in [0.1, 0.15) is 23.7 Å². The zero-order valence-electron chi connectivity index (χ0n) is 26.2. The van der Waals surface area contributed by atoms with E-state index in [0.29, 0.717) is 56.3 Å². The van der Waals surface area contributed by atoms with Crippen LogP contribution in [0.3, 0.4) is 0 Å². The Morgan fingerprint density at radius 3 is 2.48 bits per heavy atom. The third-order valence-corrected chi connectivity index (χ3v) is 8.87. The van der Waals surface area contributed by atoms with E-state index in [9.17, 15) is 9.59 Å². The molecule has 0 N–H and O–H groups in total. The number of aromatic nitrogens is 1. The molecule has 2 heterocycles. The van der Waals surface area contributed by atoms with E-state index in [0.717, 1.165) is 11.3 Å². The second kappa shape index (κ2) is 14.8. The highest BCUT2D eigenvalue weighted by Gasteiger charge is 2.39. The Morgan fingerprint density at radius 2 is 1.76 bits per heavy atom. The molecular weight excluding hydrogens is 632 g/mol. The molecule has 46 heavy (non-hydrogen) atoms. The van der Waals surface area contributed by atoms with E-state index in [1.807, 2.05) is 41.8 Å². The largest absolute Gasteiger partial charge is 0.497 e. The molecule has 3 aromatic carbocycles. The summed E-state index contributed by atoms with van der Waals surface area (Å²) in [5, 5.41) is 3.06. The van der Waals surface area contributed by atoms with Crippen molar-refractivity contribution in [3.63, 3.8) is 0 Å². The van der Waals surface area contributed by atoms with Crippen LogP contribution >= 0.6 is 22.9 Å². The van der Waals surface area contributed by atoms with Crippen LogP contribution in [-0.4, -0.2) is 58.5 Å². The zero-order chi connectivity index (χ0) is 32.8. The number of thiazole rings is 1. The van der Waals surface area contributed by atoms with Gasteiger partial charge in [0.2, 0.25) is 0 Å². The van der Waals surface area contributed by atoms with Crippen LogP contribution in [0.2, 0.25) is 5.02 Å². The van der Waals surface area contributed by atoms with Crippen LogP contribution in [0.15, 0.2) is 60.0 Å². The van der Waals surface area contributed by atoms with Gasteiger partial charge in [-0.05, 0) is 36.4 Å². The van der Waals surface area contributed by atoms with Crippen molar-refractivity contribution in [2.24, 2.45) is 0 Å². The minimum absolute atomic E-state index is 0.185. The number of ether oxygens (including phenoxy) is 6. The standard InChI is InChI=1S/C34H35ClN2O8S/c1-40-23-12-9-20(28(16-23)42-3)18-37-26-13-10-21(35)15-25(26)32(24-7-6-8-27(41-2)33(24)44-5)45-29(34(37)39)17-30-36-22(19-46-30)11-14-31(38)43-4/h6-10,12-13,15-16,19,29,32H,11,14,17-18H2,1-5H3/t29-,32-/m1/s1. The number of halogens is 1. The lowest BCUT2D eigenvalue weighted by molar-refractivity contribution is -0.140. The average Bonchev–Trinajstić information content (AvgIpc) is 3.50. The maximum Gasteiger partial charge on any atom is 0.305 e.